The molecular weight excluding hydrogens is 529 g/mol. The van der Waals surface area contributed by atoms with Gasteiger partial charge in [-0.2, -0.15) is 18.2 Å². The molecule has 1 unspecified atom stereocenters. The second kappa shape index (κ2) is 11.5. The van der Waals surface area contributed by atoms with E-state index >= 15 is 0 Å². The average Bonchev–Trinajstić information content (AvgIpc) is 2.92. The summed E-state index contributed by atoms with van der Waals surface area (Å²) in [6.07, 6.45) is -2.68. The van der Waals surface area contributed by atoms with E-state index in [0.717, 1.165) is 55.2 Å². The molecule has 9 nitrogen and oxygen atoms in total. The summed E-state index contributed by atoms with van der Waals surface area (Å²) < 4.78 is 52.4. The lowest BCUT2D eigenvalue weighted by molar-refractivity contribution is -0.264. The van der Waals surface area contributed by atoms with E-state index in [1.807, 2.05) is 0 Å². The van der Waals surface area contributed by atoms with Gasteiger partial charge in [0.2, 0.25) is 5.88 Å². The monoisotopic (exact) mass is 564 g/mol. The fourth-order valence-electron chi connectivity index (χ4n) is 5.41. The lowest BCUT2D eigenvalue weighted by Gasteiger charge is -2.45. The van der Waals surface area contributed by atoms with E-state index in [1.165, 1.54) is 31.3 Å². The van der Waals surface area contributed by atoms with Crippen molar-refractivity contribution < 1.29 is 37.3 Å². The van der Waals surface area contributed by atoms with Crippen molar-refractivity contribution in [2.24, 2.45) is 11.8 Å². The number of likely N-dealkylation sites (tertiary alicyclic amines) is 1. The largest absolute Gasteiger partial charge is 0.497 e. The molecule has 0 spiro atoms. The maximum absolute atomic E-state index is 14.0. The summed E-state index contributed by atoms with van der Waals surface area (Å²) in [5.41, 5.74) is -3.82. The Morgan fingerprint density at radius 1 is 1.05 bits per heavy atom. The van der Waals surface area contributed by atoms with Gasteiger partial charge in [0, 0.05) is 45.8 Å². The van der Waals surface area contributed by atoms with Gasteiger partial charge in [-0.25, -0.2) is 0 Å². The van der Waals surface area contributed by atoms with Gasteiger partial charge in [0.25, 0.3) is 17.4 Å². The van der Waals surface area contributed by atoms with Crippen LogP contribution in [0.2, 0.25) is 0 Å². The minimum absolute atomic E-state index is 0.0674. The van der Waals surface area contributed by atoms with Crippen molar-refractivity contribution in [2.45, 2.75) is 31.0 Å². The lowest BCUT2D eigenvalue weighted by Crippen LogP contribution is -2.61. The summed E-state index contributed by atoms with van der Waals surface area (Å²) in [5.74, 6) is -0.0317. The number of anilines is 1. The molecule has 1 N–H and O–H groups in total. The number of aromatic nitrogens is 1. The zero-order chi connectivity index (χ0) is 29.2. The quantitative estimate of drug-likeness (QED) is 0.526. The molecule has 3 heterocycles. The number of ether oxygens (including phenoxy) is 2. The van der Waals surface area contributed by atoms with Crippen molar-refractivity contribution >= 4 is 17.6 Å². The molecule has 2 fully saturated rings. The Kier molecular flexibility index (Phi) is 8.48. The van der Waals surface area contributed by atoms with Crippen molar-refractivity contribution in [2.75, 3.05) is 59.4 Å². The highest BCUT2D eigenvalue weighted by atomic mass is 19.4. The van der Waals surface area contributed by atoms with Gasteiger partial charge in [-0.15, -0.1) is 0 Å². The number of aliphatic hydroxyl groups is 1. The third-order valence-electron chi connectivity index (χ3n) is 7.73. The Bertz CT molecular complexity index is 1230. The van der Waals surface area contributed by atoms with E-state index in [0.29, 0.717) is 11.5 Å². The molecule has 1 atom stereocenters. The highest BCUT2D eigenvalue weighted by Gasteiger charge is 2.63. The Hall–Kier alpha value is -3.54. The molecule has 2 aliphatic rings. The van der Waals surface area contributed by atoms with Crippen molar-refractivity contribution in [1.82, 2.24) is 14.8 Å². The number of carbonyl (C=O) groups is 2. The van der Waals surface area contributed by atoms with Gasteiger partial charge in [0.05, 0.1) is 14.2 Å². The van der Waals surface area contributed by atoms with E-state index in [-0.39, 0.29) is 36.5 Å². The number of hydrogen-bond acceptors (Lipinski definition) is 7. The predicted octanol–water partition coefficient (Wildman–Crippen LogP) is 3.32. The fraction of sp³-hybridized carbons (Fsp3) is 0.536. The topological polar surface area (TPSA) is 95.4 Å². The molecule has 0 aliphatic carbocycles. The highest BCUT2D eigenvalue weighted by molar-refractivity contribution is 5.96. The van der Waals surface area contributed by atoms with Gasteiger partial charge < -0.3 is 29.3 Å². The number of benzene rings is 1. The number of nitrogens with zero attached hydrogens (tertiary/aromatic N) is 4. The predicted molar refractivity (Wildman–Crippen MR) is 141 cm³/mol. The van der Waals surface area contributed by atoms with Crippen LogP contribution in [0, 0.1) is 11.8 Å². The van der Waals surface area contributed by atoms with E-state index in [9.17, 15) is 27.9 Å². The van der Waals surface area contributed by atoms with Gasteiger partial charge in [0.15, 0.2) is 0 Å². The first-order valence-electron chi connectivity index (χ1n) is 13.1. The second-order valence-corrected chi connectivity index (χ2v) is 10.6. The standard InChI is InChI=1S/C28H35F3N4O5/c1-33(2)25(36)22-8-9-23(32-24(22)40-4)34-12-10-18(11-13-34)14-19-16-35(17-19)26(37)27(38,28(29,30)31)20-6-5-7-21(15-20)39-3/h5-9,15,18-19,38H,10-14,16-17H2,1-4H3. The molecule has 2 aromatic rings. The summed E-state index contributed by atoms with van der Waals surface area (Å²) in [7, 11) is 6.10. The van der Waals surface area contributed by atoms with Gasteiger partial charge >= 0.3 is 6.18 Å². The van der Waals surface area contributed by atoms with Crippen LogP contribution in [0.1, 0.15) is 35.2 Å². The van der Waals surface area contributed by atoms with Gasteiger partial charge in [-0.1, -0.05) is 12.1 Å². The minimum Gasteiger partial charge on any atom is -0.497 e. The third kappa shape index (κ3) is 5.67. The maximum Gasteiger partial charge on any atom is 0.430 e. The normalized spacial score (nSPS) is 18.1. The van der Waals surface area contributed by atoms with Gasteiger partial charge in [-0.05, 0) is 55.4 Å². The van der Waals surface area contributed by atoms with Crippen LogP contribution >= 0.6 is 0 Å². The molecular formula is C28H35F3N4O5. The first-order chi connectivity index (χ1) is 18.9. The first-order valence-corrected chi connectivity index (χ1v) is 13.1. The smallest absolute Gasteiger partial charge is 0.430 e. The van der Waals surface area contributed by atoms with E-state index in [2.05, 4.69) is 9.88 Å². The zero-order valence-electron chi connectivity index (χ0n) is 23.1. The Labute approximate surface area is 231 Å². The second-order valence-electron chi connectivity index (χ2n) is 10.6. The SMILES string of the molecule is COc1cccc(C(O)(C(=O)N2CC(CC3CCN(c4ccc(C(=O)N(C)C)c(OC)n4)CC3)C2)C(F)(F)F)c1. The number of carbonyl (C=O) groups excluding carboxylic acids is 2. The van der Waals surface area contributed by atoms with Crippen LogP contribution in [0.4, 0.5) is 19.0 Å². The molecule has 218 valence electrons. The number of hydrogen-bond donors (Lipinski definition) is 1. The summed E-state index contributed by atoms with van der Waals surface area (Å²) in [4.78, 5) is 34.5. The number of halogens is 3. The zero-order valence-corrected chi connectivity index (χ0v) is 23.1. The van der Waals surface area contributed by atoms with Crippen molar-refractivity contribution in [3.05, 3.63) is 47.5 Å². The molecule has 0 radical (unpaired) electrons. The molecule has 40 heavy (non-hydrogen) atoms. The third-order valence-corrected chi connectivity index (χ3v) is 7.73. The number of methoxy groups -OCH3 is 2. The van der Waals surface area contributed by atoms with Crippen LogP contribution in [0.3, 0.4) is 0 Å². The van der Waals surface area contributed by atoms with Gasteiger partial charge in [-0.3, -0.25) is 9.59 Å². The van der Waals surface area contributed by atoms with Crippen molar-refractivity contribution in [3.8, 4) is 11.6 Å². The average molecular weight is 565 g/mol. The van der Waals surface area contributed by atoms with Crippen LogP contribution < -0.4 is 14.4 Å². The molecule has 1 aromatic carbocycles. The molecule has 4 rings (SSSR count). The van der Waals surface area contributed by atoms with Crippen LogP contribution in [0.25, 0.3) is 0 Å². The molecule has 2 amide bonds. The van der Waals surface area contributed by atoms with Crippen molar-refractivity contribution in [1.29, 1.82) is 0 Å². The number of amides is 2. The van der Waals surface area contributed by atoms with Crippen LogP contribution in [0.15, 0.2) is 36.4 Å². The van der Waals surface area contributed by atoms with Gasteiger partial charge in [0.1, 0.15) is 17.1 Å². The molecule has 1 aromatic heterocycles. The Morgan fingerprint density at radius 3 is 2.30 bits per heavy atom. The van der Waals surface area contributed by atoms with Crippen molar-refractivity contribution in [3.63, 3.8) is 0 Å². The molecule has 2 saturated heterocycles. The molecule has 2 aliphatic heterocycles. The number of piperidine rings is 1. The molecule has 12 heteroatoms. The maximum atomic E-state index is 14.0. The summed E-state index contributed by atoms with van der Waals surface area (Å²) in [6, 6.07) is 8.39. The number of rotatable bonds is 8. The number of pyridine rings is 1. The fourth-order valence-corrected chi connectivity index (χ4v) is 5.41. The summed E-state index contributed by atoms with van der Waals surface area (Å²) in [5, 5.41) is 10.7. The minimum atomic E-state index is -5.19. The van der Waals surface area contributed by atoms with Crippen LogP contribution in [-0.4, -0.2) is 92.4 Å². The Balaban J connectivity index is 1.33. The van der Waals surface area contributed by atoms with Crippen LogP contribution in [0.5, 0.6) is 11.6 Å². The van der Waals surface area contributed by atoms with E-state index in [1.54, 1.807) is 26.2 Å². The molecule has 0 bridgehead atoms. The van der Waals surface area contributed by atoms with Crippen LogP contribution in [-0.2, 0) is 10.4 Å². The Morgan fingerprint density at radius 2 is 1.73 bits per heavy atom. The number of alkyl halides is 3. The first kappa shape index (κ1) is 29.4. The van der Waals surface area contributed by atoms with E-state index < -0.39 is 23.2 Å². The summed E-state index contributed by atoms with van der Waals surface area (Å²) in [6.45, 7) is 1.81. The highest BCUT2D eigenvalue weighted by Crippen LogP contribution is 2.43. The van der Waals surface area contributed by atoms with E-state index in [4.69, 9.17) is 9.47 Å². The summed E-state index contributed by atoms with van der Waals surface area (Å²) >= 11 is 0. The molecule has 0 saturated carbocycles. The lowest BCUT2D eigenvalue weighted by atomic mass is 9.82.